The molecule has 0 spiro atoms. The first-order valence-corrected chi connectivity index (χ1v) is 9.14. The second-order valence-electron chi connectivity index (χ2n) is 5.20. The van der Waals surface area contributed by atoms with Crippen LogP contribution in [-0.4, -0.2) is 36.7 Å². The molecule has 0 fully saturated rings. The van der Waals surface area contributed by atoms with Crippen molar-refractivity contribution < 1.29 is 0 Å². The number of hydrogen-bond donors (Lipinski definition) is 0. The fraction of sp³-hybridized carbons (Fsp3) is 0. The third-order valence-corrected chi connectivity index (χ3v) is 4.25. The molecule has 0 saturated carbocycles. The first kappa shape index (κ1) is 18.5. The Morgan fingerprint density at radius 1 is 0.556 bits per heavy atom. The molecule has 7 heteroatoms. The van der Waals surface area contributed by atoms with E-state index in [1.165, 1.54) is 0 Å². The molecule has 0 saturated heterocycles. The molecule has 0 aliphatic carbocycles. The van der Waals surface area contributed by atoms with Crippen molar-refractivity contribution in [3.63, 3.8) is 0 Å². The Balaban J connectivity index is 0.000000156. The summed E-state index contributed by atoms with van der Waals surface area (Å²) in [5.41, 5.74) is 0. The Labute approximate surface area is 166 Å². The van der Waals surface area contributed by atoms with Gasteiger partial charge in [0.1, 0.15) is 0 Å². The molecule has 0 bridgehead atoms. The van der Waals surface area contributed by atoms with Gasteiger partial charge in [-0.2, -0.15) is 0 Å². The summed E-state index contributed by atoms with van der Waals surface area (Å²) in [7, 11) is 0. The standard InChI is InChI=1S/C10H8GeN3.C10H8N3/c11-14(9-5-1-3-7-12-9)10-6-2-4-8-13-10;1-3-7-11-9(5-1)13-10-6-2-4-8-12-10/h1-8H;1-8H/q;-1. The van der Waals surface area contributed by atoms with Crippen LogP contribution in [0.4, 0.5) is 23.3 Å². The van der Waals surface area contributed by atoms with Gasteiger partial charge in [-0.3, -0.25) is 0 Å². The van der Waals surface area contributed by atoms with Crippen LogP contribution in [0.15, 0.2) is 97.6 Å². The summed E-state index contributed by atoms with van der Waals surface area (Å²) in [5.74, 6) is 3.15. The zero-order chi connectivity index (χ0) is 18.7. The van der Waals surface area contributed by atoms with Gasteiger partial charge >= 0.3 is 91.0 Å². The summed E-state index contributed by atoms with van der Waals surface area (Å²) in [5, 5.41) is 4.22. The molecule has 27 heavy (non-hydrogen) atoms. The van der Waals surface area contributed by atoms with Gasteiger partial charge in [-0.05, 0) is 24.5 Å². The largest absolute Gasteiger partial charge is 0.369 e. The van der Waals surface area contributed by atoms with E-state index in [0.717, 1.165) is 11.6 Å². The zero-order valence-corrected chi connectivity index (χ0v) is 16.5. The minimum Gasteiger partial charge on any atom is -0.369 e. The van der Waals surface area contributed by atoms with E-state index < -0.39 is 0 Å². The van der Waals surface area contributed by atoms with Crippen molar-refractivity contribution in [2.75, 3.05) is 3.86 Å². The summed E-state index contributed by atoms with van der Waals surface area (Å²) in [6, 6.07) is 22.8. The summed E-state index contributed by atoms with van der Waals surface area (Å²) >= 11 is 1.95. The van der Waals surface area contributed by atoms with E-state index in [0.29, 0.717) is 11.6 Å². The van der Waals surface area contributed by atoms with Gasteiger partial charge in [0, 0.05) is 11.6 Å². The molecule has 4 aromatic heterocycles. The summed E-state index contributed by atoms with van der Waals surface area (Å²) in [4.78, 5) is 16.6. The number of anilines is 2. The van der Waals surface area contributed by atoms with Gasteiger partial charge in [-0.25, -0.2) is 0 Å². The molecule has 4 heterocycles. The minimum atomic E-state index is 0.682. The Morgan fingerprint density at radius 2 is 0.963 bits per heavy atom. The first-order chi connectivity index (χ1) is 13.3. The van der Waals surface area contributed by atoms with Gasteiger partial charge in [0.2, 0.25) is 0 Å². The predicted octanol–water partition coefficient (Wildman–Crippen LogP) is 4.51. The van der Waals surface area contributed by atoms with Crippen molar-refractivity contribution in [3.8, 4) is 0 Å². The van der Waals surface area contributed by atoms with Crippen molar-refractivity contribution >= 4 is 40.0 Å². The Morgan fingerprint density at radius 3 is 1.30 bits per heavy atom. The third-order valence-electron chi connectivity index (χ3n) is 3.28. The van der Waals surface area contributed by atoms with Crippen molar-refractivity contribution in [3.05, 3.63) is 103 Å². The quantitative estimate of drug-likeness (QED) is 0.461. The van der Waals surface area contributed by atoms with Crippen LogP contribution >= 0.6 is 0 Å². The van der Waals surface area contributed by atoms with Crippen LogP contribution in [0.25, 0.3) is 5.32 Å². The van der Waals surface area contributed by atoms with Crippen LogP contribution in [-0.2, 0) is 0 Å². The van der Waals surface area contributed by atoms with E-state index >= 15 is 0 Å². The van der Waals surface area contributed by atoms with E-state index in [4.69, 9.17) is 0 Å². The van der Waals surface area contributed by atoms with Crippen LogP contribution in [0.1, 0.15) is 0 Å². The molecular formula is C20H16GeN6-. The smallest absolute Gasteiger partial charge is 0.00952 e. The molecule has 0 atom stereocenters. The van der Waals surface area contributed by atoms with Crippen molar-refractivity contribution in [1.82, 2.24) is 19.9 Å². The molecule has 6 nitrogen and oxygen atoms in total. The average molecular weight is 413 g/mol. The van der Waals surface area contributed by atoms with Crippen LogP contribution in [0.3, 0.4) is 0 Å². The number of aromatic nitrogens is 4. The molecule has 0 aromatic carbocycles. The maximum absolute atomic E-state index is 4.24. The predicted molar refractivity (Wildman–Crippen MR) is 108 cm³/mol. The summed E-state index contributed by atoms with van der Waals surface area (Å²) in [6.07, 6.45) is 6.97. The maximum atomic E-state index is 4.24. The molecule has 0 aliphatic heterocycles. The Kier molecular flexibility index (Phi) is 6.88. The number of nitrogens with zero attached hydrogens (tertiary/aromatic N) is 6. The van der Waals surface area contributed by atoms with Crippen LogP contribution in [0.5, 0.6) is 0 Å². The molecular weight excluding hydrogens is 397 g/mol. The fourth-order valence-corrected chi connectivity index (χ4v) is 2.60. The average Bonchev–Trinajstić information content (AvgIpc) is 2.76. The number of rotatable bonds is 4. The molecule has 0 amide bonds. The first-order valence-electron chi connectivity index (χ1n) is 8.20. The van der Waals surface area contributed by atoms with Crippen molar-refractivity contribution in [1.29, 1.82) is 0 Å². The molecule has 4 rings (SSSR count). The van der Waals surface area contributed by atoms with Gasteiger partial charge in [0.05, 0.1) is 0 Å². The van der Waals surface area contributed by atoms with Gasteiger partial charge in [0.15, 0.2) is 0 Å². The maximum Gasteiger partial charge on any atom is 0.00952 e. The summed E-state index contributed by atoms with van der Waals surface area (Å²) in [6.45, 7) is 0. The monoisotopic (exact) mass is 414 g/mol. The number of hydrogen-bond acceptors (Lipinski definition) is 5. The van der Waals surface area contributed by atoms with Crippen LogP contribution in [0.2, 0.25) is 0 Å². The van der Waals surface area contributed by atoms with E-state index in [-0.39, 0.29) is 0 Å². The molecule has 131 valence electrons. The van der Waals surface area contributed by atoms with Crippen molar-refractivity contribution in [2.45, 2.75) is 0 Å². The van der Waals surface area contributed by atoms with E-state index in [1.807, 2.05) is 93.4 Å². The topological polar surface area (TPSA) is 68.9 Å². The molecule has 0 N–H and O–H groups in total. The SMILES string of the molecule is [Ge][N](c1ccccn1)c1ccccn1.c1ccc([N-]c2ccccn2)nc1. The minimum absolute atomic E-state index is 0.682. The summed E-state index contributed by atoms with van der Waals surface area (Å²) < 4.78 is 1.94. The zero-order valence-electron chi connectivity index (χ0n) is 14.4. The molecule has 0 unspecified atom stereocenters. The fourth-order valence-electron chi connectivity index (χ4n) is 2.05. The molecule has 4 aromatic rings. The van der Waals surface area contributed by atoms with Crippen LogP contribution in [0, 0.1) is 0 Å². The normalized spacial score (nSPS) is 9.67. The van der Waals surface area contributed by atoms with E-state index in [2.05, 4.69) is 25.3 Å². The molecule has 3 radical (unpaired) electrons. The van der Waals surface area contributed by atoms with Gasteiger partial charge in [-0.15, -0.1) is 0 Å². The van der Waals surface area contributed by atoms with Gasteiger partial charge in [-0.1, -0.05) is 24.3 Å². The van der Waals surface area contributed by atoms with Gasteiger partial charge in [0.25, 0.3) is 0 Å². The number of pyridine rings is 4. The Bertz CT molecular complexity index is 831. The Hall–Kier alpha value is -3.26. The molecule has 0 aliphatic rings. The second-order valence-corrected chi connectivity index (χ2v) is 6.14. The van der Waals surface area contributed by atoms with E-state index in [1.54, 1.807) is 24.8 Å². The second kappa shape index (κ2) is 10.0. The van der Waals surface area contributed by atoms with E-state index in [9.17, 15) is 0 Å². The van der Waals surface area contributed by atoms with Crippen LogP contribution < -0.4 is 3.86 Å². The van der Waals surface area contributed by atoms with Crippen molar-refractivity contribution in [2.24, 2.45) is 0 Å². The third kappa shape index (κ3) is 5.89. The van der Waals surface area contributed by atoms with Gasteiger partial charge < -0.3 is 15.3 Å².